The van der Waals surface area contributed by atoms with Crippen LogP contribution in [0.1, 0.15) is 0 Å². The molecule has 0 saturated carbocycles. The second kappa shape index (κ2) is 5.25. The smallest absolute Gasteiger partial charge is 0.223 e. The van der Waals surface area contributed by atoms with Gasteiger partial charge >= 0.3 is 0 Å². The number of benzene rings is 1. The van der Waals surface area contributed by atoms with Crippen molar-refractivity contribution < 1.29 is 4.74 Å². The molecule has 6 heteroatoms. The number of nitrogens with two attached hydrogens (primary N) is 1. The molecule has 0 aliphatic heterocycles. The highest BCUT2D eigenvalue weighted by atomic mass is 35.5. The van der Waals surface area contributed by atoms with Crippen LogP contribution in [0.5, 0.6) is 5.75 Å². The van der Waals surface area contributed by atoms with Crippen molar-refractivity contribution in [2.24, 2.45) is 0 Å². The van der Waals surface area contributed by atoms with Crippen molar-refractivity contribution in [2.75, 3.05) is 12.8 Å². The van der Waals surface area contributed by atoms with E-state index >= 15 is 0 Å². The van der Waals surface area contributed by atoms with Crippen molar-refractivity contribution in [3.8, 4) is 5.75 Å². The largest absolute Gasteiger partial charge is 0.497 e. The van der Waals surface area contributed by atoms with Crippen molar-refractivity contribution in [1.82, 2.24) is 9.97 Å². The summed E-state index contributed by atoms with van der Waals surface area (Å²) in [6, 6.07) is 7.61. The van der Waals surface area contributed by atoms with Crippen molar-refractivity contribution >= 4 is 29.1 Å². The molecule has 2 N–H and O–H groups in total. The Kier molecular flexibility index (Phi) is 3.71. The lowest BCUT2D eigenvalue weighted by Gasteiger charge is -2.05. The fraction of sp³-hybridized carbons (Fsp3) is 0.0909. The number of ether oxygens (including phenoxy) is 1. The number of nitrogens with zero attached hydrogens (tertiary/aromatic N) is 2. The van der Waals surface area contributed by atoms with E-state index in [0.29, 0.717) is 10.7 Å². The Balaban J connectivity index is 2.22. The first-order valence-electron chi connectivity index (χ1n) is 4.79. The predicted molar refractivity (Wildman–Crippen MR) is 68.6 cm³/mol. The Labute approximate surface area is 108 Å². The molecular formula is C11H10ClN3OS. The molecule has 17 heavy (non-hydrogen) atoms. The van der Waals surface area contributed by atoms with E-state index in [1.165, 1.54) is 18.0 Å². The lowest BCUT2D eigenvalue weighted by molar-refractivity contribution is 0.414. The molecule has 4 nitrogen and oxygen atoms in total. The maximum absolute atomic E-state index is 5.76. The van der Waals surface area contributed by atoms with Crippen molar-refractivity contribution in [3.63, 3.8) is 0 Å². The van der Waals surface area contributed by atoms with Gasteiger partial charge in [-0.3, -0.25) is 0 Å². The third-order valence-electron chi connectivity index (χ3n) is 2.02. The summed E-state index contributed by atoms with van der Waals surface area (Å²) in [4.78, 5) is 8.88. The second-order valence-electron chi connectivity index (χ2n) is 3.18. The van der Waals surface area contributed by atoms with Crippen LogP contribution in [0.4, 0.5) is 5.69 Å². The lowest BCUT2D eigenvalue weighted by Crippen LogP contribution is -1.94. The SMILES string of the molecule is COc1ccc(Sc2nc(Cl)ncc2N)cc1. The molecule has 0 atom stereocenters. The molecule has 0 bridgehead atoms. The maximum Gasteiger partial charge on any atom is 0.223 e. The van der Waals surface area contributed by atoms with E-state index in [-0.39, 0.29) is 5.28 Å². The topological polar surface area (TPSA) is 61.0 Å². The van der Waals surface area contributed by atoms with E-state index in [1.54, 1.807) is 7.11 Å². The zero-order valence-electron chi connectivity index (χ0n) is 9.05. The van der Waals surface area contributed by atoms with Gasteiger partial charge in [-0.05, 0) is 35.9 Å². The van der Waals surface area contributed by atoms with Gasteiger partial charge in [0.25, 0.3) is 0 Å². The number of methoxy groups -OCH3 is 1. The summed E-state index contributed by atoms with van der Waals surface area (Å²) in [7, 11) is 1.63. The first kappa shape index (κ1) is 12.0. The Morgan fingerprint density at radius 2 is 2.00 bits per heavy atom. The van der Waals surface area contributed by atoms with Gasteiger partial charge < -0.3 is 10.5 Å². The summed E-state index contributed by atoms with van der Waals surface area (Å²) in [5.41, 5.74) is 6.27. The first-order valence-corrected chi connectivity index (χ1v) is 5.98. The van der Waals surface area contributed by atoms with Crippen LogP contribution in [-0.4, -0.2) is 17.1 Å². The van der Waals surface area contributed by atoms with Crippen molar-refractivity contribution in [3.05, 3.63) is 35.7 Å². The van der Waals surface area contributed by atoms with Gasteiger partial charge in [0.05, 0.1) is 19.0 Å². The van der Waals surface area contributed by atoms with Crippen LogP contribution in [0.15, 0.2) is 40.4 Å². The van der Waals surface area contributed by atoms with Crippen molar-refractivity contribution in [2.45, 2.75) is 9.92 Å². The highest BCUT2D eigenvalue weighted by molar-refractivity contribution is 7.99. The van der Waals surface area contributed by atoms with Gasteiger partial charge in [0.1, 0.15) is 10.8 Å². The predicted octanol–water partition coefficient (Wildman–Crippen LogP) is 2.87. The van der Waals surface area contributed by atoms with Crippen LogP contribution < -0.4 is 10.5 Å². The van der Waals surface area contributed by atoms with Gasteiger partial charge in [-0.1, -0.05) is 11.8 Å². The van der Waals surface area contributed by atoms with Crippen LogP contribution in [0.3, 0.4) is 0 Å². The molecule has 2 aromatic rings. The first-order chi connectivity index (χ1) is 8.19. The summed E-state index contributed by atoms with van der Waals surface area (Å²) in [6.07, 6.45) is 1.50. The van der Waals surface area contributed by atoms with E-state index in [0.717, 1.165) is 10.6 Å². The molecule has 1 aromatic carbocycles. The van der Waals surface area contributed by atoms with Gasteiger partial charge in [0.2, 0.25) is 5.28 Å². The lowest BCUT2D eigenvalue weighted by atomic mass is 10.3. The van der Waals surface area contributed by atoms with E-state index < -0.39 is 0 Å². The standard InChI is InChI=1S/C11H10ClN3OS/c1-16-7-2-4-8(5-3-7)17-10-9(13)6-14-11(12)15-10/h2-6H,13H2,1H3. The molecule has 0 aliphatic carbocycles. The summed E-state index contributed by atoms with van der Waals surface area (Å²) in [5.74, 6) is 0.808. The zero-order chi connectivity index (χ0) is 12.3. The van der Waals surface area contributed by atoms with E-state index in [4.69, 9.17) is 22.1 Å². The van der Waals surface area contributed by atoms with Gasteiger partial charge in [-0.25, -0.2) is 9.97 Å². The van der Waals surface area contributed by atoms with Crippen LogP contribution in [-0.2, 0) is 0 Å². The zero-order valence-corrected chi connectivity index (χ0v) is 10.6. The molecule has 88 valence electrons. The molecule has 0 saturated heterocycles. The molecule has 0 unspecified atom stereocenters. The van der Waals surface area contributed by atoms with Gasteiger partial charge in [-0.2, -0.15) is 0 Å². The minimum Gasteiger partial charge on any atom is -0.497 e. The van der Waals surface area contributed by atoms with Crippen LogP contribution >= 0.6 is 23.4 Å². The van der Waals surface area contributed by atoms with Crippen molar-refractivity contribution in [1.29, 1.82) is 0 Å². The van der Waals surface area contributed by atoms with E-state index in [9.17, 15) is 0 Å². The molecule has 0 spiro atoms. The molecule has 1 aromatic heterocycles. The van der Waals surface area contributed by atoms with Crippen LogP contribution in [0.25, 0.3) is 0 Å². The number of aromatic nitrogens is 2. The summed E-state index contributed by atoms with van der Waals surface area (Å²) in [5, 5.41) is 0.838. The molecule has 0 aliphatic rings. The Morgan fingerprint density at radius 1 is 1.29 bits per heavy atom. The highest BCUT2D eigenvalue weighted by Gasteiger charge is 2.05. The Morgan fingerprint density at radius 3 is 2.65 bits per heavy atom. The highest BCUT2D eigenvalue weighted by Crippen LogP contribution is 2.31. The minimum atomic E-state index is 0.190. The fourth-order valence-electron chi connectivity index (χ4n) is 1.19. The molecular weight excluding hydrogens is 258 g/mol. The van der Waals surface area contributed by atoms with E-state index in [2.05, 4.69) is 9.97 Å². The molecule has 0 radical (unpaired) electrons. The summed E-state index contributed by atoms with van der Waals surface area (Å²) in [6.45, 7) is 0. The Bertz CT molecular complexity index is 519. The summed E-state index contributed by atoms with van der Waals surface area (Å²) >= 11 is 7.15. The van der Waals surface area contributed by atoms with Gasteiger partial charge in [0, 0.05) is 4.90 Å². The maximum atomic E-state index is 5.76. The molecule has 0 fully saturated rings. The van der Waals surface area contributed by atoms with Crippen LogP contribution in [0.2, 0.25) is 5.28 Å². The number of halogens is 1. The summed E-state index contributed by atoms with van der Waals surface area (Å²) < 4.78 is 5.08. The fourth-order valence-corrected chi connectivity index (χ4v) is 2.17. The van der Waals surface area contributed by atoms with Gasteiger partial charge in [-0.15, -0.1) is 0 Å². The molecule has 1 heterocycles. The molecule has 2 rings (SSSR count). The minimum absolute atomic E-state index is 0.190. The third-order valence-corrected chi connectivity index (χ3v) is 3.24. The average Bonchev–Trinajstić information content (AvgIpc) is 2.35. The van der Waals surface area contributed by atoms with Crippen LogP contribution in [0, 0.1) is 0 Å². The molecule has 0 amide bonds. The number of hydrogen-bond acceptors (Lipinski definition) is 5. The normalized spacial score (nSPS) is 10.2. The Hall–Kier alpha value is -1.46. The average molecular weight is 268 g/mol. The number of hydrogen-bond donors (Lipinski definition) is 1. The number of nitrogen functional groups attached to an aromatic ring is 1. The monoisotopic (exact) mass is 267 g/mol. The quantitative estimate of drug-likeness (QED) is 0.684. The number of rotatable bonds is 3. The van der Waals surface area contributed by atoms with Gasteiger partial charge in [0.15, 0.2) is 0 Å². The second-order valence-corrected chi connectivity index (χ2v) is 4.58. The third kappa shape index (κ3) is 3.01. The number of anilines is 1. The van der Waals surface area contributed by atoms with E-state index in [1.807, 2.05) is 24.3 Å².